The van der Waals surface area contributed by atoms with E-state index in [-0.39, 0.29) is 0 Å². The summed E-state index contributed by atoms with van der Waals surface area (Å²) in [4.78, 5) is 2.18. The Morgan fingerprint density at radius 1 is 1.64 bits per heavy atom. The van der Waals surface area contributed by atoms with Crippen LogP contribution < -0.4 is 10.7 Å². The Morgan fingerprint density at radius 3 is 3.00 bits per heavy atom. The van der Waals surface area contributed by atoms with Crippen molar-refractivity contribution in [3.8, 4) is 0 Å². The molecule has 0 aromatic carbocycles. The summed E-state index contributed by atoms with van der Waals surface area (Å²) in [7, 11) is 0. The fraction of sp³-hybridized carbons (Fsp3) is 0.750. The molecule has 0 amide bonds. The number of anilines is 1. The molecule has 0 saturated carbocycles. The molecule has 1 aliphatic rings. The molecule has 2 rings (SSSR count). The predicted octanol–water partition coefficient (Wildman–Crippen LogP) is 0.891. The van der Waals surface area contributed by atoms with Gasteiger partial charge in [0.15, 0.2) is 0 Å². The van der Waals surface area contributed by atoms with E-state index in [9.17, 15) is 0 Å². The third-order valence-electron chi connectivity index (χ3n) is 2.63. The van der Waals surface area contributed by atoms with E-state index in [0.29, 0.717) is 10.7 Å². The first-order valence-electron chi connectivity index (χ1n) is 4.86. The molecule has 1 unspecified atom stereocenters. The molecular formula is C8H15N5S. The fourth-order valence-corrected chi connectivity index (χ4v) is 2.02. The summed E-state index contributed by atoms with van der Waals surface area (Å²) in [5, 5.41) is 6.82. The highest BCUT2D eigenvalue weighted by Gasteiger charge is 2.20. The number of H-pyrrole nitrogens is 1. The van der Waals surface area contributed by atoms with Crippen LogP contribution in [0.5, 0.6) is 0 Å². The molecule has 1 aliphatic heterocycles. The van der Waals surface area contributed by atoms with Gasteiger partial charge in [0.05, 0.1) is 0 Å². The minimum atomic E-state index is 0.471. The molecule has 0 bridgehead atoms. The maximum absolute atomic E-state index is 5.76. The smallest absolute Gasteiger partial charge is 0.244 e. The number of aromatic nitrogens is 3. The lowest BCUT2D eigenvalue weighted by Gasteiger charge is -2.30. The second-order valence-corrected chi connectivity index (χ2v) is 4.28. The number of piperidine rings is 1. The molecule has 0 aliphatic carbocycles. The number of nitrogens with one attached hydrogen (secondary N) is 1. The van der Waals surface area contributed by atoms with Crippen molar-refractivity contribution in [3.05, 3.63) is 4.77 Å². The minimum absolute atomic E-state index is 0.471. The molecule has 1 aromatic heterocycles. The normalized spacial score (nSPS) is 22.6. The second kappa shape index (κ2) is 3.61. The highest BCUT2D eigenvalue weighted by Crippen LogP contribution is 2.19. The molecule has 6 heteroatoms. The van der Waals surface area contributed by atoms with Crippen LogP contribution in [0.1, 0.15) is 19.8 Å². The van der Waals surface area contributed by atoms with Crippen molar-refractivity contribution in [1.82, 2.24) is 14.9 Å². The van der Waals surface area contributed by atoms with Crippen LogP contribution in [0.4, 0.5) is 5.95 Å². The Labute approximate surface area is 87.9 Å². The van der Waals surface area contributed by atoms with Crippen LogP contribution >= 0.6 is 12.2 Å². The van der Waals surface area contributed by atoms with E-state index in [1.54, 1.807) is 0 Å². The van der Waals surface area contributed by atoms with Gasteiger partial charge in [-0.1, -0.05) is 6.92 Å². The maximum atomic E-state index is 5.76. The monoisotopic (exact) mass is 213 g/mol. The number of hydrogen-bond donors (Lipinski definition) is 2. The average Bonchev–Trinajstić information content (AvgIpc) is 2.48. The largest absolute Gasteiger partial charge is 0.339 e. The third kappa shape index (κ3) is 1.61. The molecule has 0 radical (unpaired) electrons. The lowest BCUT2D eigenvalue weighted by atomic mass is 10.0. The van der Waals surface area contributed by atoms with Crippen LogP contribution in [0, 0.1) is 10.7 Å². The van der Waals surface area contributed by atoms with Gasteiger partial charge < -0.3 is 10.7 Å². The van der Waals surface area contributed by atoms with Crippen LogP contribution in [0.15, 0.2) is 0 Å². The lowest BCUT2D eigenvalue weighted by molar-refractivity contribution is 0.440. The molecule has 78 valence electrons. The topological polar surface area (TPSA) is 62.9 Å². The molecule has 0 spiro atoms. The van der Waals surface area contributed by atoms with Gasteiger partial charge in [-0.25, -0.2) is 9.77 Å². The zero-order valence-electron chi connectivity index (χ0n) is 8.23. The summed E-state index contributed by atoms with van der Waals surface area (Å²) in [5.41, 5.74) is 0. The average molecular weight is 213 g/mol. The summed E-state index contributed by atoms with van der Waals surface area (Å²) in [6, 6.07) is 0. The first kappa shape index (κ1) is 9.51. The molecular weight excluding hydrogens is 198 g/mol. The van der Waals surface area contributed by atoms with E-state index in [0.717, 1.165) is 19.0 Å². The molecule has 2 heterocycles. The van der Waals surface area contributed by atoms with Crippen molar-refractivity contribution < 1.29 is 0 Å². The Morgan fingerprint density at radius 2 is 2.43 bits per heavy atom. The molecule has 1 atom stereocenters. The standard InChI is InChI=1S/C8H15N5S/c1-6-3-2-4-12(5-6)7-10-11-8(14)13(7)9/h6H,2-5,9H2,1H3,(H,11,14). The summed E-state index contributed by atoms with van der Waals surface area (Å²) in [5.74, 6) is 7.21. The van der Waals surface area contributed by atoms with E-state index in [1.807, 2.05) is 0 Å². The molecule has 14 heavy (non-hydrogen) atoms. The van der Waals surface area contributed by atoms with Crippen molar-refractivity contribution in [3.63, 3.8) is 0 Å². The number of nitrogens with two attached hydrogens (primary N) is 1. The van der Waals surface area contributed by atoms with Gasteiger partial charge in [-0.2, -0.15) is 0 Å². The van der Waals surface area contributed by atoms with Crippen LogP contribution in [0.25, 0.3) is 0 Å². The predicted molar refractivity (Wildman–Crippen MR) is 58.2 cm³/mol. The van der Waals surface area contributed by atoms with Gasteiger partial charge in [-0.05, 0) is 31.0 Å². The van der Waals surface area contributed by atoms with Gasteiger partial charge in [0.2, 0.25) is 10.7 Å². The summed E-state index contributed by atoms with van der Waals surface area (Å²) in [6.07, 6.45) is 2.48. The van der Waals surface area contributed by atoms with Gasteiger partial charge in [0.1, 0.15) is 0 Å². The highest BCUT2D eigenvalue weighted by atomic mass is 32.1. The Balaban J connectivity index is 2.22. The number of aromatic amines is 1. The van der Waals surface area contributed by atoms with Crippen LogP contribution in [0.2, 0.25) is 0 Å². The first-order chi connectivity index (χ1) is 6.68. The quantitative estimate of drug-likeness (QED) is 0.537. The van der Waals surface area contributed by atoms with Crippen molar-refractivity contribution >= 4 is 18.2 Å². The molecule has 3 N–H and O–H groups in total. The van der Waals surface area contributed by atoms with Gasteiger partial charge in [-0.3, -0.25) is 0 Å². The van der Waals surface area contributed by atoms with Crippen molar-refractivity contribution in [1.29, 1.82) is 0 Å². The minimum Gasteiger partial charge on any atom is -0.339 e. The van der Waals surface area contributed by atoms with Crippen LogP contribution in [-0.4, -0.2) is 28.0 Å². The molecule has 1 aromatic rings. The van der Waals surface area contributed by atoms with Crippen LogP contribution in [0.3, 0.4) is 0 Å². The van der Waals surface area contributed by atoms with E-state index in [2.05, 4.69) is 22.0 Å². The van der Waals surface area contributed by atoms with E-state index in [1.165, 1.54) is 17.5 Å². The van der Waals surface area contributed by atoms with Gasteiger partial charge in [0.25, 0.3) is 0 Å². The molecule has 5 nitrogen and oxygen atoms in total. The Hall–Kier alpha value is -1.04. The summed E-state index contributed by atoms with van der Waals surface area (Å²) < 4.78 is 1.91. The zero-order chi connectivity index (χ0) is 10.1. The highest BCUT2D eigenvalue weighted by molar-refractivity contribution is 7.71. The molecule has 1 saturated heterocycles. The Kier molecular flexibility index (Phi) is 2.45. The maximum Gasteiger partial charge on any atom is 0.244 e. The van der Waals surface area contributed by atoms with Crippen molar-refractivity contribution in [2.24, 2.45) is 5.92 Å². The van der Waals surface area contributed by atoms with E-state index in [4.69, 9.17) is 18.1 Å². The van der Waals surface area contributed by atoms with Gasteiger partial charge in [0, 0.05) is 13.1 Å². The van der Waals surface area contributed by atoms with E-state index < -0.39 is 0 Å². The summed E-state index contributed by atoms with van der Waals surface area (Å²) in [6.45, 7) is 4.27. The van der Waals surface area contributed by atoms with Gasteiger partial charge >= 0.3 is 0 Å². The van der Waals surface area contributed by atoms with E-state index >= 15 is 0 Å². The first-order valence-corrected chi connectivity index (χ1v) is 5.26. The number of hydrogen-bond acceptors (Lipinski definition) is 4. The number of rotatable bonds is 1. The second-order valence-electron chi connectivity index (χ2n) is 3.89. The van der Waals surface area contributed by atoms with Crippen molar-refractivity contribution in [2.45, 2.75) is 19.8 Å². The number of nitrogen functional groups attached to an aromatic ring is 1. The third-order valence-corrected chi connectivity index (χ3v) is 2.91. The molecule has 1 fully saturated rings. The summed E-state index contributed by atoms with van der Waals surface area (Å²) >= 11 is 4.97. The zero-order valence-corrected chi connectivity index (χ0v) is 9.05. The number of nitrogens with zero attached hydrogens (tertiary/aromatic N) is 3. The lowest BCUT2D eigenvalue weighted by Crippen LogP contribution is -2.37. The van der Waals surface area contributed by atoms with Crippen molar-refractivity contribution in [2.75, 3.05) is 23.8 Å². The Bertz CT molecular complexity index is 368. The fourth-order valence-electron chi connectivity index (χ4n) is 1.89. The van der Waals surface area contributed by atoms with Gasteiger partial charge in [-0.15, -0.1) is 5.10 Å². The van der Waals surface area contributed by atoms with Crippen LogP contribution in [-0.2, 0) is 0 Å². The SMILES string of the molecule is CC1CCCN(c2n[nH]c(=S)n2N)C1.